The van der Waals surface area contributed by atoms with Crippen molar-refractivity contribution in [2.24, 2.45) is 0 Å². The summed E-state index contributed by atoms with van der Waals surface area (Å²) in [6.07, 6.45) is 1.52. The third kappa shape index (κ3) is 3.61. The molecule has 6 nitrogen and oxygen atoms in total. The van der Waals surface area contributed by atoms with Gasteiger partial charge in [-0.25, -0.2) is 4.79 Å². The summed E-state index contributed by atoms with van der Waals surface area (Å²) in [6, 6.07) is 8.36. The molecule has 0 saturated carbocycles. The van der Waals surface area contributed by atoms with Crippen LogP contribution in [0, 0.1) is 6.92 Å². The number of hydrogen-bond acceptors (Lipinski definition) is 5. The van der Waals surface area contributed by atoms with Gasteiger partial charge in [0.25, 0.3) is 5.91 Å². The van der Waals surface area contributed by atoms with E-state index in [0.717, 1.165) is 0 Å². The van der Waals surface area contributed by atoms with Crippen LogP contribution in [0.4, 0.5) is 0 Å². The Morgan fingerprint density at radius 2 is 1.85 bits per heavy atom. The smallest absolute Gasteiger partial charge is 0.327 e. The fraction of sp³-hybridized carbons (Fsp3) is 0.368. The predicted octanol–water partition coefficient (Wildman–Crippen LogP) is 2.91. The van der Waals surface area contributed by atoms with Crippen molar-refractivity contribution in [2.75, 3.05) is 33.3 Å². The first-order chi connectivity index (χ1) is 12.5. The highest BCUT2D eigenvalue weighted by Crippen LogP contribution is 2.29. The number of amides is 1. The highest BCUT2D eigenvalue weighted by Gasteiger charge is 2.34. The Kier molecular flexibility index (Phi) is 5.64. The number of aryl methyl sites for hydroxylation is 1. The third-order valence-corrected chi connectivity index (χ3v) is 5.02. The molecule has 0 bridgehead atoms. The van der Waals surface area contributed by atoms with E-state index < -0.39 is 6.04 Å². The molecule has 1 fully saturated rings. The Hall–Kier alpha value is -2.31. The van der Waals surface area contributed by atoms with Gasteiger partial charge in [-0.15, -0.1) is 0 Å². The van der Waals surface area contributed by atoms with Crippen LogP contribution >= 0.6 is 11.6 Å². The average Bonchev–Trinajstić information content (AvgIpc) is 3.09. The number of halogens is 1. The van der Waals surface area contributed by atoms with Gasteiger partial charge in [0.1, 0.15) is 11.8 Å². The Labute approximate surface area is 157 Å². The molecule has 1 aliphatic rings. The lowest BCUT2D eigenvalue weighted by atomic mass is 10.0. The number of furan rings is 1. The molecule has 0 spiro atoms. The van der Waals surface area contributed by atoms with Crippen molar-refractivity contribution in [3.63, 3.8) is 0 Å². The summed E-state index contributed by atoms with van der Waals surface area (Å²) in [7, 11) is 1.37. The Bertz CT molecular complexity index is 796. The lowest BCUT2D eigenvalue weighted by molar-refractivity contribution is -0.148. The van der Waals surface area contributed by atoms with Crippen LogP contribution in [0.1, 0.15) is 27.7 Å². The van der Waals surface area contributed by atoms with E-state index in [0.29, 0.717) is 48.1 Å². The van der Waals surface area contributed by atoms with Gasteiger partial charge in [-0.05, 0) is 24.6 Å². The van der Waals surface area contributed by atoms with Gasteiger partial charge in [-0.2, -0.15) is 0 Å². The van der Waals surface area contributed by atoms with Gasteiger partial charge < -0.3 is 14.1 Å². The number of piperazine rings is 1. The summed E-state index contributed by atoms with van der Waals surface area (Å²) < 4.78 is 10.2. The van der Waals surface area contributed by atoms with E-state index in [-0.39, 0.29) is 11.9 Å². The van der Waals surface area contributed by atoms with Crippen molar-refractivity contribution in [3.05, 3.63) is 58.5 Å². The molecule has 1 aliphatic heterocycles. The molecule has 1 unspecified atom stereocenters. The monoisotopic (exact) mass is 376 g/mol. The Morgan fingerprint density at radius 1 is 1.15 bits per heavy atom. The van der Waals surface area contributed by atoms with Crippen molar-refractivity contribution < 1.29 is 18.7 Å². The number of nitrogens with zero attached hydrogens (tertiary/aromatic N) is 2. The Morgan fingerprint density at radius 3 is 2.42 bits per heavy atom. The molecule has 0 radical (unpaired) electrons. The molecule has 0 N–H and O–H groups in total. The van der Waals surface area contributed by atoms with Crippen LogP contribution in [0.2, 0.25) is 5.02 Å². The van der Waals surface area contributed by atoms with E-state index in [2.05, 4.69) is 0 Å². The normalized spacial score (nSPS) is 16.3. The second kappa shape index (κ2) is 7.93. The number of carbonyl (C=O) groups is 2. The number of benzene rings is 1. The molecule has 26 heavy (non-hydrogen) atoms. The number of hydrogen-bond donors (Lipinski definition) is 0. The van der Waals surface area contributed by atoms with Crippen LogP contribution in [0.3, 0.4) is 0 Å². The minimum Gasteiger partial charge on any atom is -0.469 e. The molecule has 1 atom stereocenters. The molecule has 3 rings (SSSR count). The van der Waals surface area contributed by atoms with Crippen LogP contribution in [0.15, 0.2) is 41.0 Å². The number of rotatable bonds is 4. The molecular weight excluding hydrogens is 356 g/mol. The molecule has 1 saturated heterocycles. The van der Waals surface area contributed by atoms with Crippen molar-refractivity contribution in [1.82, 2.24) is 9.80 Å². The van der Waals surface area contributed by atoms with E-state index in [1.54, 1.807) is 24.0 Å². The quantitative estimate of drug-likeness (QED) is 0.768. The molecule has 0 aliphatic carbocycles. The van der Waals surface area contributed by atoms with E-state index in [1.165, 1.54) is 13.4 Å². The van der Waals surface area contributed by atoms with Gasteiger partial charge in [0.05, 0.1) is 18.9 Å². The first kappa shape index (κ1) is 18.5. The van der Waals surface area contributed by atoms with Crippen molar-refractivity contribution in [2.45, 2.75) is 13.0 Å². The average molecular weight is 377 g/mol. The fourth-order valence-corrected chi connectivity index (χ4v) is 3.48. The summed E-state index contributed by atoms with van der Waals surface area (Å²) >= 11 is 6.29. The SMILES string of the molecule is COC(=O)C(c1ccccc1Cl)N1CCN(C(=O)c2ccoc2C)CC1. The van der Waals surface area contributed by atoms with Gasteiger partial charge in [0.15, 0.2) is 0 Å². The Balaban J connectivity index is 1.74. The summed E-state index contributed by atoms with van der Waals surface area (Å²) in [5.41, 5.74) is 1.29. The van der Waals surface area contributed by atoms with E-state index in [4.69, 9.17) is 20.8 Å². The van der Waals surface area contributed by atoms with Gasteiger partial charge in [0, 0.05) is 31.2 Å². The topological polar surface area (TPSA) is 63.0 Å². The van der Waals surface area contributed by atoms with E-state index in [1.807, 2.05) is 23.1 Å². The summed E-state index contributed by atoms with van der Waals surface area (Å²) in [6.45, 7) is 3.90. The van der Waals surface area contributed by atoms with Crippen LogP contribution in [-0.4, -0.2) is 55.0 Å². The van der Waals surface area contributed by atoms with Crippen LogP contribution < -0.4 is 0 Å². The minimum atomic E-state index is -0.582. The second-order valence-corrected chi connectivity index (χ2v) is 6.57. The number of ether oxygens (including phenoxy) is 1. The number of methoxy groups -OCH3 is 1. The zero-order valence-electron chi connectivity index (χ0n) is 14.8. The van der Waals surface area contributed by atoms with Crippen LogP contribution in [0.25, 0.3) is 0 Å². The largest absolute Gasteiger partial charge is 0.469 e. The molecule has 7 heteroatoms. The van der Waals surface area contributed by atoms with Gasteiger partial charge >= 0.3 is 5.97 Å². The highest BCUT2D eigenvalue weighted by atomic mass is 35.5. The zero-order valence-corrected chi connectivity index (χ0v) is 15.5. The van der Waals surface area contributed by atoms with Gasteiger partial charge in [-0.3, -0.25) is 9.69 Å². The van der Waals surface area contributed by atoms with E-state index in [9.17, 15) is 9.59 Å². The fourth-order valence-electron chi connectivity index (χ4n) is 3.24. The van der Waals surface area contributed by atoms with Gasteiger partial charge in [-0.1, -0.05) is 29.8 Å². The van der Waals surface area contributed by atoms with Crippen LogP contribution in [-0.2, 0) is 9.53 Å². The first-order valence-electron chi connectivity index (χ1n) is 8.42. The maximum Gasteiger partial charge on any atom is 0.327 e. The minimum absolute atomic E-state index is 0.0525. The third-order valence-electron chi connectivity index (χ3n) is 4.68. The zero-order chi connectivity index (χ0) is 18.7. The molecule has 138 valence electrons. The van der Waals surface area contributed by atoms with Crippen LogP contribution in [0.5, 0.6) is 0 Å². The molecule has 2 aromatic rings. The standard InChI is InChI=1S/C19H21ClN2O4/c1-13-14(7-12-26-13)18(23)22-10-8-21(9-11-22)17(19(24)25-2)15-5-3-4-6-16(15)20/h3-7,12,17H,8-11H2,1-2H3. The molecule has 2 heterocycles. The first-order valence-corrected chi connectivity index (χ1v) is 8.80. The molecule has 1 amide bonds. The molecule has 1 aromatic carbocycles. The second-order valence-electron chi connectivity index (χ2n) is 6.17. The number of esters is 1. The van der Waals surface area contributed by atoms with Crippen molar-refractivity contribution in [3.8, 4) is 0 Å². The van der Waals surface area contributed by atoms with Crippen molar-refractivity contribution in [1.29, 1.82) is 0 Å². The van der Waals surface area contributed by atoms with Crippen molar-refractivity contribution >= 4 is 23.5 Å². The summed E-state index contributed by atoms with van der Waals surface area (Å²) in [4.78, 5) is 28.8. The summed E-state index contributed by atoms with van der Waals surface area (Å²) in [5, 5.41) is 0.524. The van der Waals surface area contributed by atoms with E-state index >= 15 is 0 Å². The highest BCUT2D eigenvalue weighted by molar-refractivity contribution is 6.31. The molecular formula is C19H21ClN2O4. The lowest BCUT2D eigenvalue weighted by Gasteiger charge is -2.38. The molecule has 1 aromatic heterocycles. The lowest BCUT2D eigenvalue weighted by Crippen LogP contribution is -2.51. The maximum absolute atomic E-state index is 12.6. The van der Waals surface area contributed by atoms with Gasteiger partial charge in [0.2, 0.25) is 0 Å². The summed E-state index contributed by atoms with van der Waals surface area (Å²) in [5.74, 6) is 0.202. The maximum atomic E-state index is 12.6. The predicted molar refractivity (Wildman–Crippen MR) is 97.1 cm³/mol. The number of carbonyl (C=O) groups excluding carboxylic acids is 2.